The van der Waals surface area contributed by atoms with Crippen LogP contribution in [-0.2, 0) is 9.53 Å². The Morgan fingerprint density at radius 1 is 0.896 bits per heavy atom. The van der Waals surface area contributed by atoms with Crippen LogP contribution >= 0.6 is 0 Å². The molecule has 5 N–H and O–H groups in total. The van der Waals surface area contributed by atoms with E-state index in [1.54, 1.807) is 12.1 Å². The number of likely N-dealkylation sites (tertiary alicyclic amines) is 2. The smallest absolute Gasteiger partial charge is 0.411 e. The number of piperidine rings is 2. The highest BCUT2D eigenvalue weighted by atomic mass is 16.6. The molecule has 0 bridgehead atoms. The number of fused-ring (bicyclic) bond motifs is 1. The van der Waals surface area contributed by atoms with Crippen LogP contribution in [-0.4, -0.2) is 88.4 Å². The molecule has 1 unspecified atom stereocenters. The van der Waals surface area contributed by atoms with Gasteiger partial charge in [-0.15, -0.1) is 0 Å². The molecule has 6 rings (SSSR count). The number of benzene rings is 3. The summed E-state index contributed by atoms with van der Waals surface area (Å²) in [6, 6.07) is 23.9. The first-order valence-corrected chi connectivity index (χ1v) is 16.7. The summed E-state index contributed by atoms with van der Waals surface area (Å²) in [7, 11) is 0. The van der Waals surface area contributed by atoms with Crippen LogP contribution in [0.2, 0.25) is 0 Å². The highest BCUT2D eigenvalue weighted by molar-refractivity contribution is 5.91. The molecule has 0 radical (unpaired) electrons. The molecular formula is C37H43N5O6. The van der Waals surface area contributed by atoms with Crippen molar-refractivity contribution in [3.05, 3.63) is 94.8 Å². The van der Waals surface area contributed by atoms with Crippen molar-refractivity contribution in [2.75, 3.05) is 44.6 Å². The standard InChI is InChI=1S/C37H43N5O6/c43-32-12-10-29(30-11-13-34(45)40-36(30)32)33(44)24-38-26-14-22-42(23-15-26)35(46)18-21-41-19-16-27(17-20-41)48-37(47)39-31-9-5-4-8-28(31)25-6-2-1-3-7-25/h1-13,26-27,33,38,43-44H,14-24H2,(H,39,47)(H,40,45). The topological polar surface area (TPSA) is 147 Å². The number of nitrogens with one attached hydrogen (secondary N) is 3. The lowest BCUT2D eigenvalue weighted by Crippen LogP contribution is -2.46. The minimum absolute atomic E-state index is 0.0383. The second kappa shape index (κ2) is 15.5. The van der Waals surface area contributed by atoms with Crippen LogP contribution in [0.3, 0.4) is 0 Å². The molecule has 2 amide bonds. The molecule has 2 saturated heterocycles. The summed E-state index contributed by atoms with van der Waals surface area (Å²) in [5.41, 5.74) is 3.30. The predicted octanol–water partition coefficient (Wildman–Crippen LogP) is 4.62. The summed E-state index contributed by atoms with van der Waals surface area (Å²) in [4.78, 5) is 44.2. The third kappa shape index (κ3) is 8.22. The maximum Gasteiger partial charge on any atom is 0.411 e. The van der Waals surface area contributed by atoms with Crippen LogP contribution in [0.1, 0.15) is 43.8 Å². The second-order valence-corrected chi connectivity index (χ2v) is 12.6. The Kier molecular flexibility index (Phi) is 10.7. The number of carbonyl (C=O) groups is 2. The van der Waals surface area contributed by atoms with Gasteiger partial charge in [-0.3, -0.25) is 14.9 Å². The number of pyridine rings is 1. The maximum absolute atomic E-state index is 13.0. The molecular weight excluding hydrogens is 610 g/mol. The lowest BCUT2D eigenvalue weighted by atomic mass is 10.0. The van der Waals surface area contributed by atoms with Crippen molar-refractivity contribution in [3.63, 3.8) is 0 Å². The number of aromatic hydroxyl groups is 1. The molecule has 2 fully saturated rings. The van der Waals surface area contributed by atoms with E-state index in [0.717, 1.165) is 49.9 Å². The van der Waals surface area contributed by atoms with E-state index < -0.39 is 12.2 Å². The number of amides is 2. The Labute approximate surface area is 279 Å². The number of aliphatic hydroxyl groups excluding tert-OH is 1. The van der Waals surface area contributed by atoms with Gasteiger partial charge in [0.1, 0.15) is 11.9 Å². The number of hydrogen-bond acceptors (Lipinski definition) is 8. The predicted molar refractivity (Wildman–Crippen MR) is 185 cm³/mol. The number of anilines is 1. The number of phenolic OH excluding ortho intramolecular Hbond substituents is 1. The van der Waals surface area contributed by atoms with Gasteiger partial charge in [-0.1, -0.05) is 54.6 Å². The van der Waals surface area contributed by atoms with Crippen LogP contribution in [0.15, 0.2) is 83.7 Å². The Morgan fingerprint density at radius 3 is 2.40 bits per heavy atom. The molecule has 1 aromatic heterocycles. The molecule has 11 nitrogen and oxygen atoms in total. The van der Waals surface area contributed by atoms with Gasteiger partial charge in [-0.05, 0) is 55.0 Å². The largest absolute Gasteiger partial charge is 0.506 e. The van der Waals surface area contributed by atoms with Gasteiger partial charge in [0.15, 0.2) is 0 Å². The van der Waals surface area contributed by atoms with Gasteiger partial charge < -0.3 is 35.1 Å². The Morgan fingerprint density at radius 2 is 1.62 bits per heavy atom. The van der Waals surface area contributed by atoms with Gasteiger partial charge in [0, 0.05) is 68.7 Å². The molecule has 3 heterocycles. The van der Waals surface area contributed by atoms with E-state index in [9.17, 15) is 24.6 Å². The first-order valence-electron chi connectivity index (χ1n) is 16.7. The monoisotopic (exact) mass is 653 g/mol. The van der Waals surface area contributed by atoms with E-state index in [-0.39, 0.29) is 29.4 Å². The van der Waals surface area contributed by atoms with Crippen molar-refractivity contribution in [2.45, 2.75) is 50.4 Å². The van der Waals surface area contributed by atoms with Crippen molar-refractivity contribution in [2.24, 2.45) is 0 Å². The third-order valence-corrected chi connectivity index (χ3v) is 9.41. The second-order valence-electron chi connectivity index (χ2n) is 12.6. The molecule has 2 aliphatic rings. The highest BCUT2D eigenvalue weighted by Gasteiger charge is 2.26. The Balaban J connectivity index is 0.883. The zero-order valence-corrected chi connectivity index (χ0v) is 26.9. The molecule has 0 aliphatic carbocycles. The minimum atomic E-state index is -0.820. The summed E-state index contributed by atoms with van der Waals surface area (Å²) in [6.45, 7) is 3.86. The molecule has 4 aromatic rings. The summed E-state index contributed by atoms with van der Waals surface area (Å²) in [5.74, 6) is 0.108. The summed E-state index contributed by atoms with van der Waals surface area (Å²) >= 11 is 0. The van der Waals surface area contributed by atoms with Crippen LogP contribution in [0.25, 0.3) is 22.0 Å². The van der Waals surface area contributed by atoms with Gasteiger partial charge >= 0.3 is 6.09 Å². The molecule has 1 atom stereocenters. The van der Waals surface area contributed by atoms with Crippen LogP contribution < -0.4 is 16.2 Å². The summed E-state index contributed by atoms with van der Waals surface area (Å²) in [6.07, 6.45) is 2.05. The zero-order valence-electron chi connectivity index (χ0n) is 26.9. The van der Waals surface area contributed by atoms with Crippen molar-refractivity contribution in [3.8, 4) is 16.9 Å². The van der Waals surface area contributed by atoms with Gasteiger partial charge in [-0.2, -0.15) is 0 Å². The minimum Gasteiger partial charge on any atom is -0.506 e. The first kappa shape index (κ1) is 33.2. The van der Waals surface area contributed by atoms with E-state index >= 15 is 0 Å². The van der Waals surface area contributed by atoms with Gasteiger partial charge in [0.25, 0.3) is 0 Å². The number of aliphatic hydroxyl groups is 1. The van der Waals surface area contributed by atoms with Crippen molar-refractivity contribution in [1.82, 2.24) is 20.1 Å². The van der Waals surface area contributed by atoms with Crippen LogP contribution in [0, 0.1) is 0 Å². The van der Waals surface area contributed by atoms with Crippen LogP contribution in [0.5, 0.6) is 5.75 Å². The Hall–Kier alpha value is -4.71. The summed E-state index contributed by atoms with van der Waals surface area (Å²) in [5, 5.41) is 27.9. The molecule has 252 valence electrons. The number of aromatic amines is 1. The van der Waals surface area contributed by atoms with Gasteiger partial charge in [-0.25, -0.2) is 4.79 Å². The van der Waals surface area contributed by atoms with E-state index in [1.165, 1.54) is 12.1 Å². The summed E-state index contributed by atoms with van der Waals surface area (Å²) < 4.78 is 5.76. The molecule has 3 aromatic carbocycles. The maximum atomic E-state index is 13.0. The number of para-hydroxylation sites is 1. The SMILES string of the molecule is O=C(Nc1ccccc1-c1ccccc1)OC1CCN(CCC(=O)N2CCC(NCC(O)c3ccc(O)c4[nH]c(=O)ccc34)CC2)CC1. The average Bonchev–Trinajstić information content (AvgIpc) is 3.11. The fraction of sp³-hybridized carbons (Fsp3) is 0.378. The number of nitrogens with zero attached hydrogens (tertiary/aromatic N) is 2. The van der Waals surface area contributed by atoms with E-state index in [4.69, 9.17) is 4.74 Å². The van der Waals surface area contributed by atoms with E-state index in [1.807, 2.05) is 59.5 Å². The zero-order chi connectivity index (χ0) is 33.5. The van der Waals surface area contributed by atoms with Crippen LogP contribution in [0.4, 0.5) is 10.5 Å². The molecule has 0 spiro atoms. The molecule has 0 saturated carbocycles. The quantitative estimate of drug-likeness (QED) is 0.167. The third-order valence-electron chi connectivity index (χ3n) is 9.41. The molecule has 11 heteroatoms. The number of H-pyrrole nitrogens is 1. The number of aromatic nitrogens is 1. The molecule has 48 heavy (non-hydrogen) atoms. The lowest BCUT2D eigenvalue weighted by molar-refractivity contribution is -0.132. The van der Waals surface area contributed by atoms with Gasteiger partial charge in [0.2, 0.25) is 11.5 Å². The number of rotatable bonds is 10. The number of carbonyl (C=O) groups excluding carboxylic acids is 2. The fourth-order valence-electron chi connectivity index (χ4n) is 6.69. The molecule has 2 aliphatic heterocycles. The van der Waals surface area contributed by atoms with E-state index in [2.05, 4.69) is 20.5 Å². The first-order chi connectivity index (χ1) is 23.3. The van der Waals surface area contributed by atoms with Crippen molar-refractivity contribution < 1.29 is 24.5 Å². The average molecular weight is 654 g/mol. The van der Waals surface area contributed by atoms with Gasteiger partial charge in [0.05, 0.1) is 17.3 Å². The van der Waals surface area contributed by atoms with Crippen molar-refractivity contribution in [1.29, 1.82) is 0 Å². The normalized spacial score (nSPS) is 16.9. The number of hydrogen-bond donors (Lipinski definition) is 5. The number of phenols is 1. The van der Waals surface area contributed by atoms with Crippen molar-refractivity contribution >= 4 is 28.6 Å². The van der Waals surface area contributed by atoms with E-state index in [0.29, 0.717) is 54.8 Å². The highest BCUT2D eigenvalue weighted by Crippen LogP contribution is 2.30. The fourth-order valence-corrected chi connectivity index (χ4v) is 6.69. The number of ether oxygens (including phenoxy) is 1. The Bertz CT molecular complexity index is 1760. The lowest BCUT2D eigenvalue weighted by Gasteiger charge is -2.34.